The summed E-state index contributed by atoms with van der Waals surface area (Å²) < 4.78 is 0. The van der Waals surface area contributed by atoms with E-state index in [0.29, 0.717) is 12.1 Å². The SMILES string of the molecule is NC(=O)CSc1ccccc1C(=O)NCc1cccs1. The van der Waals surface area contributed by atoms with E-state index in [1.54, 1.807) is 23.5 Å². The lowest BCUT2D eigenvalue weighted by atomic mass is 10.2. The van der Waals surface area contributed by atoms with Crippen molar-refractivity contribution in [3.63, 3.8) is 0 Å². The van der Waals surface area contributed by atoms with Crippen LogP contribution in [0.5, 0.6) is 0 Å². The molecular formula is C14H14N2O2S2. The molecule has 1 aromatic carbocycles. The maximum Gasteiger partial charge on any atom is 0.252 e. The number of hydrogen-bond acceptors (Lipinski definition) is 4. The summed E-state index contributed by atoms with van der Waals surface area (Å²) >= 11 is 2.87. The average Bonchev–Trinajstić information content (AvgIpc) is 2.96. The van der Waals surface area contributed by atoms with Gasteiger partial charge in [-0.3, -0.25) is 9.59 Å². The fraction of sp³-hybridized carbons (Fsp3) is 0.143. The summed E-state index contributed by atoms with van der Waals surface area (Å²) in [5, 5.41) is 4.84. The van der Waals surface area contributed by atoms with Crippen molar-refractivity contribution in [2.45, 2.75) is 11.4 Å². The normalized spacial score (nSPS) is 10.2. The molecule has 0 saturated carbocycles. The molecule has 0 fully saturated rings. The van der Waals surface area contributed by atoms with E-state index in [9.17, 15) is 9.59 Å². The number of hydrogen-bond donors (Lipinski definition) is 2. The first-order chi connectivity index (χ1) is 9.66. The van der Waals surface area contributed by atoms with Crippen LogP contribution in [0.2, 0.25) is 0 Å². The number of primary amides is 1. The minimum Gasteiger partial charge on any atom is -0.369 e. The van der Waals surface area contributed by atoms with Crippen molar-refractivity contribution >= 4 is 34.9 Å². The number of benzene rings is 1. The van der Waals surface area contributed by atoms with Crippen LogP contribution in [0, 0.1) is 0 Å². The molecule has 1 heterocycles. The van der Waals surface area contributed by atoms with Crippen molar-refractivity contribution in [3.05, 3.63) is 52.2 Å². The molecule has 2 rings (SSSR count). The molecule has 0 bridgehead atoms. The quantitative estimate of drug-likeness (QED) is 0.804. The maximum atomic E-state index is 12.2. The number of thioether (sulfide) groups is 1. The van der Waals surface area contributed by atoms with E-state index >= 15 is 0 Å². The zero-order chi connectivity index (χ0) is 14.4. The molecule has 20 heavy (non-hydrogen) atoms. The van der Waals surface area contributed by atoms with E-state index in [1.807, 2.05) is 29.6 Å². The van der Waals surface area contributed by atoms with Gasteiger partial charge in [-0.2, -0.15) is 0 Å². The largest absolute Gasteiger partial charge is 0.369 e. The van der Waals surface area contributed by atoms with Gasteiger partial charge in [0.2, 0.25) is 5.91 Å². The molecule has 0 saturated heterocycles. The monoisotopic (exact) mass is 306 g/mol. The van der Waals surface area contributed by atoms with Crippen molar-refractivity contribution in [3.8, 4) is 0 Å². The number of nitrogens with two attached hydrogens (primary N) is 1. The highest BCUT2D eigenvalue weighted by Crippen LogP contribution is 2.22. The lowest BCUT2D eigenvalue weighted by Crippen LogP contribution is -2.23. The van der Waals surface area contributed by atoms with Crippen LogP contribution in [-0.2, 0) is 11.3 Å². The van der Waals surface area contributed by atoms with Crippen molar-refractivity contribution in [2.24, 2.45) is 5.73 Å². The second-order valence-corrected chi connectivity index (χ2v) is 6.06. The molecule has 2 aromatic rings. The second-order valence-electron chi connectivity index (χ2n) is 4.01. The van der Waals surface area contributed by atoms with Gasteiger partial charge in [-0.15, -0.1) is 23.1 Å². The molecule has 0 unspecified atom stereocenters. The van der Waals surface area contributed by atoms with Gasteiger partial charge < -0.3 is 11.1 Å². The van der Waals surface area contributed by atoms with Crippen LogP contribution < -0.4 is 11.1 Å². The van der Waals surface area contributed by atoms with E-state index in [2.05, 4.69) is 5.32 Å². The summed E-state index contributed by atoms with van der Waals surface area (Å²) in [5.74, 6) is -0.385. The fourth-order valence-electron chi connectivity index (χ4n) is 1.60. The molecule has 0 aliphatic rings. The standard InChI is InChI=1S/C14H14N2O2S2/c15-13(17)9-20-12-6-2-1-5-11(12)14(18)16-8-10-4-3-7-19-10/h1-7H,8-9H2,(H2,15,17)(H,16,18). The molecule has 104 valence electrons. The van der Waals surface area contributed by atoms with E-state index in [0.717, 1.165) is 9.77 Å². The Kier molecular flexibility index (Phi) is 5.20. The molecule has 0 spiro atoms. The summed E-state index contributed by atoms with van der Waals surface area (Å²) in [5.41, 5.74) is 5.70. The van der Waals surface area contributed by atoms with Gasteiger partial charge in [0.05, 0.1) is 17.9 Å². The van der Waals surface area contributed by atoms with E-state index in [1.165, 1.54) is 11.8 Å². The van der Waals surface area contributed by atoms with Gasteiger partial charge in [0.25, 0.3) is 5.91 Å². The second kappa shape index (κ2) is 7.12. The van der Waals surface area contributed by atoms with Crippen molar-refractivity contribution in [1.29, 1.82) is 0 Å². The molecule has 4 nitrogen and oxygen atoms in total. The Bertz CT molecular complexity index is 597. The molecule has 2 amide bonds. The third-order valence-corrected chi connectivity index (χ3v) is 4.48. The smallest absolute Gasteiger partial charge is 0.252 e. The Balaban J connectivity index is 2.03. The first-order valence-electron chi connectivity index (χ1n) is 5.97. The first kappa shape index (κ1) is 14.6. The van der Waals surface area contributed by atoms with Gasteiger partial charge in [0, 0.05) is 9.77 Å². The summed E-state index contributed by atoms with van der Waals surface area (Å²) in [6, 6.07) is 11.1. The number of nitrogens with one attached hydrogen (secondary N) is 1. The third-order valence-electron chi connectivity index (χ3n) is 2.50. The summed E-state index contributed by atoms with van der Waals surface area (Å²) in [6.45, 7) is 0.505. The predicted octanol–water partition coefficient (Wildman–Crippen LogP) is 2.26. The molecule has 3 N–H and O–H groups in total. The topological polar surface area (TPSA) is 72.2 Å². The van der Waals surface area contributed by atoms with E-state index in [4.69, 9.17) is 5.73 Å². The number of rotatable bonds is 6. The van der Waals surface area contributed by atoms with Crippen LogP contribution in [0.3, 0.4) is 0 Å². The van der Waals surface area contributed by atoms with Gasteiger partial charge >= 0.3 is 0 Å². The fourth-order valence-corrected chi connectivity index (χ4v) is 3.04. The average molecular weight is 306 g/mol. The third kappa shape index (κ3) is 4.11. The van der Waals surface area contributed by atoms with Crippen LogP contribution >= 0.6 is 23.1 Å². The highest BCUT2D eigenvalue weighted by Gasteiger charge is 2.11. The lowest BCUT2D eigenvalue weighted by molar-refractivity contribution is -0.115. The Morgan fingerprint density at radius 1 is 1.20 bits per heavy atom. The van der Waals surface area contributed by atoms with Crippen LogP contribution in [-0.4, -0.2) is 17.6 Å². The highest BCUT2D eigenvalue weighted by molar-refractivity contribution is 8.00. The van der Waals surface area contributed by atoms with Gasteiger partial charge in [-0.25, -0.2) is 0 Å². The number of thiophene rings is 1. The Morgan fingerprint density at radius 2 is 2.00 bits per heavy atom. The predicted molar refractivity (Wildman–Crippen MR) is 81.8 cm³/mol. The van der Waals surface area contributed by atoms with Gasteiger partial charge in [0.1, 0.15) is 0 Å². The zero-order valence-electron chi connectivity index (χ0n) is 10.7. The van der Waals surface area contributed by atoms with Crippen molar-refractivity contribution < 1.29 is 9.59 Å². The summed E-state index contributed by atoms with van der Waals surface area (Å²) in [4.78, 5) is 24.9. The van der Waals surface area contributed by atoms with Gasteiger partial charge in [-0.05, 0) is 23.6 Å². The highest BCUT2D eigenvalue weighted by atomic mass is 32.2. The van der Waals surface area contributed by atoms with Gasteiger partial charge in [-0.1, -0.05) is 18.2 Å². The van der Waals surface area contributed by atoms with E-state index < -0.39 is 5.91 Å². The number of carbonyl (C=O) groups excluding carboxylic acids is 2. The summed E-state index contributed by atoms with van der Waals surface area (Å²) in [6.07, 6.45) is 0. The van der Waals surface area contributed by atoms with Crippen LogP contribution in [0.1, 0.15) is 15.2 Å². The van der Waals surface area contributed by atoms with E-state index in [-0.39, 0.29) is 11.7 Å². The molecule has 6 heteroatoms. The Morgan fingerprint density at radius 3 is 2.70 bits per heavy atom. The van der Waals surface area contributed by atoms with Crippen LogP contribution in [0.25, 0.3) is 0 Å². The molecule has 0 aliphatic carbocycles. The minimum atomic E-state index is -0.399. The maximum absolute atomic E-state index is 12.2. The molecule has 0 radical (unpaired) electrons. The molecular weight excluding hydrogens is 292 g/mol. The first-order valence-corrected chi connectivity index (χ1v) is 7.84. The molecule has 0 atom stereocenters. The van der Waals surface area contributed by atoms with Crippen LogP contribution in [0.15, 0.2) is 46.7 Å². The molecule has 1 aromatic heterocycles. The van der Waals surface area contributed by atoms with Crippen LogP contribution in [0.4, 0.5) is 0 Å². The van der Waals surface area contributed by atoms with Gasteiger partial charge in [0.15, 0.2) is 0 Å². The lowest BCUT2D eigenvalue weighted by Gasteiger charge is -2.08. The van der Waals surface area contributed by atoms with Crippen molar-refractivity contribution in [1.82, 2.24) is 5.32 Å². The Labute approximate surface area is 125 Å². The summed E-state index contributed by atoms with van der Waals surface area (Å²) in [7, 11) is 0. The Hall–Kier alpha value is -1.79. The number of carbonyl (C=O) groups is 2. The van der Waals surface area contributed by atoms with Crippen molar-refractivity contribution in [2.75, 3.05) is 5.75 Å². The molecule has 0 aliphatic heterocycles. The zero-order valence-corrected chi connectivity index (χ0v) is 12.3. The number of amides is 2. The minimum absolute atomic E-state index is 0.147.